The van der Waals surface area contributed by atoms with E-state index in [4.69, 9.17) is 9.47 Å². The number of nitrogens with zero attached hydrogens (tertiary/aromatic N) is 7. The predicted octanol–water partition coefficient (Wildman–Crippen LogP) is 12.9. The van der Waals surface area contributed by atoms with E-state index in [0.29, 0.717) is 126 Å². The minimum absolute atomic E-state index is 0.0295. The van der Waals surface area contributed by atoms with Crippen LogP contribution < -0.4 is 10.2 Å². The number of halogens is 7. The summed E-state index contributed by atoms with van der Waals surface area (Å²) in [5, 5.41) is 13.8. The number of nitrogens with one attached hydrogen (secondary N) is 1. The molecule has 0 saturated carbocycles. The van der Waals surface area contributed by atoms with Gasteiger partial charge < -0.3 is 49.3 Å². The van der Waals surface area contributed by atoms with E-state index >= 15 is 0 Å². The average molecular weight is 1350 g/mol. The molecule has 0 unspecified atom stereocenters. The van der Waals surface area contributed by atoms with E-state index in [1.165, 1.54) is 29.2 Å². The van der Waals surface area contributed by atoms with Gasteiger partial charge in [0.1, 0.15) is 24.8 Å². The van der Waals surface area contributed by atoms with Crippen molar-refractivity contribution in [1.82, 2.24) is 29.4 Å². The van der Waals surface area contributed by atoms with Gasteiger partial charge in [-0.05, 0) is 148 Å². The molecule has 10 rings (SSSR count). The number of alkyl halides is 6. The zero-order valence-electron chi connectivity index (χ0n) is 55.1. The summed E-state index contributed by atoms with van der Waals surface area (Å²) in [6, 6.07) is 39.0. The summed E-state index contributed by atoms with van der Waals surface area (Å²) < 4.78 is 110. The van der Waals surface area contributed by atoms with Crippen molar-refractivity contribution < 1.29 is 69.3 Å². The Labute approximate surface area is 561 Å². The van der Waals surface area contributed by atoms with Gasteiger partial charge in [0.2, 0.25) is 11.8 Å². The van der Waals surface area contributed by atoms with E-state index in [0.717, 1.165) is 65.2 Å². The fourth-order valence-electron chi connectivity index (χ4n) is 14.1. The Morgan fingerprint density at radius 2 is 1.31 bits per heavy atom. The van der Waals surface area contributed by atoms with Crippen LogP contribution in [-0.2, 0) is 48.9 Å². The number of likely N-dealkylation sites (N-methyl/N-ethyl adjacent to an activating group) is 2. The number of hydrogen-bond acceptors (Lipinski definition) is 10. The number of likely N-dealkylation sites (tertiary alicyclic amines) is 2. The third-order valence-corrected chi connectivity index (χ3v) is 19.8. The van der Waals surface area contributed by atoms with Gasteiger partial charge in [0, 0.05) is 114 Å². The zero-order valence-corrected chi connectivity index (χ0v) is 55.1. The monoisotopic (exact) mass is 1350 g/mol. The molecule has 1 spiro atoms. The zero-order chi connectivity index (χ0) is 69.1. The molecule has 23 heteroatoms. The van der Waals surface area contributed by atoms with Crippen LogP contribution in [0.4, 0.5) is 46.9 Å². The van der Waals surface area contributed by atoms with Crippen molar-refractivity contribution in [3.63, 3.8) is 0 Å². The maximum atomic E-state index is 14.3. The largest absolute Gasteiger partial charge is 0.465 e. The molecule has 2 N–H and O–H groups in total. The van der Waals surface area contributed by atoms with Gasteiger partial charge >= 0.3 is 18.4 Å². The van der Waals surface area contributed by atoms with Crippen LogP contribution in [0.25, 0.3) is 11.1 Å². The first-order valence-corrected chi connectivity index (χ1v) is 33.3. The van der Waals surface area contributed by atoms with Gasteiger partial charge in [-0.2, -0.15) is 26.3 Å². The molecule has 3 aliphatic heterocycles. The Hall–Kier alpha value is -8.38. The topological polar surface area (TPSA) is 159 Å². The number of amides is 5. The number of carbonyl (C=O) groups is 5. The first-order valence-electron chi connectivity index (χ1n) is 33.3. The number of fused-ring (bicyclic) bond motifs is 2. The second-order valence-corrected chi connectivity index (χ2v) is 26.1. The number of benzene rings is 6. The highest BCUT2D eigenvalue weighted by atomic mass is 19.4. The molecular formula is C74H85F7N8O8. The molecule has 6 aromatic carbocycles. The Bertz CT molecular complexity index is 3660. The molecular weight excluding hydrogens is 1260 g/mol. The Morgan fingerprint density at radius 1 is 0.660 bits per heavy atom. The smallest absolute Gasteiger partial charge is 0.416 e. The first-order chi connectivity index (χ1) is 46.4. The number of hydrogen-bond donors (Lipinski definition) is 2. The molecule has 518 valence electrons. The lowest BCUT2D eigenvalue weighted by atomic mass is 9.72. The van der Waals surface area contributed by atoms with Crippen molar-refractivity contribution in [1.29, 1.82) is 0 Å². The van der Waals surface area contributed by atoms with E-state index in [1.54, 1.807) is 34.9 Å². The van der Waals surface area contributed by atoms with Gasteiger partial charge in [0.25, 0.3) is 11.8 Å². The summed E-state index contributed by atoms with van der Waals surface area (Å²) in [6.45, 7) is 5.06. The Balaban J connectivity index is 0.625. The molecule has 5 amide bonds. The third-order valence-electron chi connectivity index (χ3n) is 19.8. The highest BCUT2D eigenvalue weighted by molar-refractivity contribution is 5.96. The standard InChI is InChI=1S/C74H85F7N8O8/c1-83(35-15-36-85(3)68(92)54-19-14-20-60(46-54)82-34-13-5-8-24-66(90)84(2)42-43-86-37-29-61(30-38-86)89(70(94)95)64-23-12-10-21-62(64)52-16-6-4-7-17-52)67(91)49-96-65-47-53-18-9-11-22-63(53)71(65)31-39-87(40-32-71)41-33-72(56-25-27-59(75)28-26-56)50-88(51-97-72)69(93)55-44-57(73(76,77)78)48-58(45-55)74(79,80)81/h4,6-7,9-12,14,16-23,25-28,44-46,48,61,65,82H,5,8,13,15,24,29-43,47,49-51H2,1-3H3,(H,94,95)/t65-,72+/m0/s1. The van der Waals surface area contributed by atoms with Crippen molar-refractivity contribution in [2.75, 3.05) is 117 Å². The van der Waals surface area contributed by atoms with Crippen LogP contribution in [0.15, 0.2) is 146 Å². The number of rotatable bonds is 26. The van der Waals surface area contributed by atoms with Gasteiger partial charge in [-0.1, -0.05) is 97.4 Å². The molecule has 1 aliphatic carbocycles. The summed E-state index contributed by atoms with van der Waals surface area (Å²) in [4.78, 5) is 79.0. The average Bonchev–Trinajstić information content (AvgIpc) is 1.61. The lowest BCUT2D eigenvalue weighted by Crippen LogP contribution is -2.50. The summed E-state index contributed by atoms with van der Waals surface area (Å²) in [5.74, 6) is -1.87. The summed E-state index contributed by atoms with van der Waals surface area (Å²) in [5.41, 5.74) is 0.973. The van der Waals surface area contributed by atoms with Crippen LogP contribution in [0.2, 0.25) is 0 Å². The normalized spacial score (nSPS) is 18.2. The number of piperidine rings is 2. The Morgan fingerprint density at radius 3 is 2.01 bits per heavy atom. The predicted molar refractivity (Wildman–Crippen MR) is 355 cm³/mol. The fourth-order valence-corrected chi connectivity index (χ4v) is 14.1. The maximum absolute atomic E-state index is 14.3. The molecule has 0 aromatic heterocycles. The number of unbranched alkanes of at least 4 members (excludes halogenated alkanes) is 2. The van der Waals surface area contributed by atoms with E-state index in [-0.39, 0.29) is 55.5 Å². The van der Waals surface area contributed by atoms with Crippen LogP contribution in [0.5, 0.6) is 0 Å². The van der Waals surface area contributed by atoms with Gasteiger partial charge in [0.15, 0.2) is 0 Å². The van der Waals surface area contributed by atoms with E-state index < -0.39 is 64.6 Å². The summed E-state index contributed by atoms with van der Waals surface area (Å²) in [7, 11) is 5.29. The fraction of sp³-hybridized carbons (Fsp3) is 0.446. The quantitative estimate of drug-likeness (QED) is 0.0393. The lowest BCUT2D eigenvalue weighted by molar-refractivity contribution is -0.143. The van der Waals surface area contributed by atoms with Crippen molar-refractivity contribution in [2.24, 2.45) is 0 Å². The van der Waals surface area contributed by atoms with E-state index in [9.17, 15) is 59.8 Å². The molecule has 2 atom stereocenters. The van der Waals surface area contributed by atoms with Crippen LogP contribution >= 0.6 is 0 Å². The van der Waals surface area contributed by atoms with Gasteiger partial charge in [-0.25, -0.2) is 9.18 Å². The van der Waals surface area contributed by atoms with E-state index in [1.807, 2.05) is 92.0 Å². The molecule has 3 saturated heterocycles. The second-order valence-electron chi connectivity index (χ2n) is 26.1. The van der Waals surface area contributed by atoms with Crippen molar-refractivity contribution >= 4 is 41.1 Å². The molecule has 0 bridgehead atoms. The maximum Gasteiger partial charge on any atom is 0.416 e. The summed E-state index contributed by atoms with van der Waals surface area (Å²) in [6.07, 6.45) is -4.59. The second kappa shape index (κ2) is 31.4. The lowest BCUT2D eigenvalue weighted by Gasteiger charge is -2.44. The van der Waals surface area contributed by atoms with Crippen molar-refractivity contribution in [2.45, 2.75) is 106 Å². The number of anilines is 2. The SMILES string of the molecule is CN(CCN1CCC(N(C(=O)O)c2ccccc2-c2ccccc2)CC1)C(=O)CCCCCNc1cccc(C(=O)N(C)CCCN(C)C(=O)CO[C@H]2Cc3ccccc3C23CCN(CC[C@]2(c4ccc(F)cc4)CN(C(=O)c4cc(C(F)(F)F)cc(C(F)(F)F)c4)CO2)CC3)c1. The van der Waals surface area contributed by atoms with Crippen LogP contribution in [-0.4, -0.2) is 183 Å². The minimum Gasteiger partial charge on any atom is -0.465 e. The van der Waals surface area contributed by atoms with Crippen LogP contribution in [0.3, 0.4) is 0 Å². The van der Waals surface area contributed by atoms with Crippen LogP contribution in [0.1, 0.15) is 113 Å². The van der Waals surface area contributed by atoms with Crippen molar-refractivity contribution in [3.05, 3.63) is 190 Å². The molecule has 4 aliphatic rings. The first kappa shape index (κ1) is 71.4. The van der Waals surface area contributed by atoms with Crippen LogP contribution in [0, 0.1) is 5.82 Å². The number of ether oxygens (including phenoxy) is 2. The number of carboxylic acid groups (broad SMARTS) is 1. The molecule has 6 aromatic rings. The molecule has 97 heavy (non-hydrogen) atoms. The Kier molecular flexibility index (Phi) is 23.1. The molecule has 0 radical (unpaired) electrons. The molecule has 16 nitrogen and oxygen atoms in total. The third kappa shape index (κ3) is 17.5. The highest BCUT2D eigenvalue weighted by Crippen LogP contribution is 2.49. The van der Waals surface area contributed by atoms with Gasteiger partial charge in [-0.15, -0.1) is 0 Å². The number of para-hydroxylation sites is 1. The van der Waals surface area contributed by atoms with Gasteiger partial charge in [0.05, 0.1) is 29.5 Å². The van der Waals surface area contributed by atoms with E-state index in [2.05, 4.69) is 27.2 Å². The molecule has 3 heterocycles. The molecule has 3 fully saturated rings. The van der Waals surface area contributed by atoms with Gasteiger partial charge in [-0.3, -0.25) is 24.1 Å². The highest BCUT2D eigenvalue weighted by Gasteiger charge is 2.50. The summed E-state index contributed by atoms with van der Waals surface area (Å²) >= 11 is 0. The number of carbonyl (C=O) groups excluding carboxylic acids is 4. The van der Waals surface area contributed by atoms with Crippen molar-refractivity contribution in [3.8, 4) is 11.1 Å². The minimum atomic E-state index is -5.15.